The van der Waals surface area contributed by atoms with Crippen molar-refractivity contribution in [3.63, 3.8) is 0 Å². The van der Waals surface area contributed by atoms with Crippen molar-refractivity contribution < 1.29 is 4.79 Å². The van der Waals surface area contributed by atoms with E-state index >= 15 is 0 Å². The molecule has 0 aliphatic carbocycles. The Labute approximate surface area is 131 Å². The highest BCUT2D eigenvalue weighted by molar-refractivity contribution is 6.07. The van der Waals surface area contributed by atoms with Crippen molar-refractivity contribution in [2.24, 2.45) is 10.7 Å². The number of fused-ring (bicyclic) bond motifs is 1. The Morgan fingerprint density at radius 2 is 2.23 bits per heavy atom. The third kappa shape index (κ3) is 2.71. The van der Waals surface area contributed by atoms with Crippen LogP contribution in [0.3, 0.4) is 0 Å². The first kappa shape index (κ1) is 15.0. The topological polar surface area (TPSA) is 58.7 Å². The number of amides is 1. The molecule has 22 heavy (non-hydrogen) atoms. The van der Waals surface area contributed by atoms with Crippen molar-refractivity contribution in [3.05, 3.63) is 41.6 Å². The van der Waals surface area contributed by atoms with E-state index in [4.69, 9.17) is 5.73 Å². The van der Waals surface area contributed by atoms with Crippen LogP contribution in [0.25, 0.3) is 0 Å². The number of para-hydroxylation sites is 1. The molecular formula is C18H23N3O. The van der Waals surface area contributed by atoms with Crippen LogP contribution < -0.4 is 10.6 Å². The van der Waals surface area contributed by atoms with E-state index in [1.807, 2.05) is 29.3 Å². The van der Waals surface area contributed by atoms with Crippen LogP contribution >= 0.6 is 0 Å². The molecule has 1 aromatic rings. The van der Waals surface area contributed by atoms with Crippen molar-refractivity contribution in [3.8, 4) is 0 Å². The van der Waals surface area contributed by atoms with Gasteiger partial charge in [-0.05, 0) is 30.0 Å². The Balaban J connectivity index is 1.79. The summed E-state index contributed by atoms with van der Waals surface area (Å²) in [6, 6.07) is 8.12. The zero-order valence-electron chi connectivity index (χ0n) is 13.1. The lowest BCUT2D eigenvalue weighted by Gasteiger charge is -2.25. The smallest absolute Gasteiger partial charge is 0.241 e. The highest BCUT2D eigenvalue weighted by Crippen LogP contribution is 2.35. The molecular weight excluding hydrogens is 274 g/mol. The van der Waals surface area contributed by atoms with Gasteiger partial charge in [-0.15, -0.1) is 0 Å². The number of rotatable bonds is 5. The van der Waals surface area contributed by atoms with E-state index in [1.165, 1.54) is 24.0 Å². The predicted molar refractivity (Wildman–Crippen MR) is 90.1 cm³/mol. The van der Waals surface area contributed by atoms with Gasteiger partial charge in [0, 0.05) is 30.4 Å². The van der Waals surface area contributed by atoms with Crippen molar-refractivity contribution in [2.75, 3.05) is 11.4 Å². The molecule has 4 nitrogen and oxygen atoms in total. The Bertz CT molecular complexity index is 633. The van der Waals surface area contributed by atoms with Crippen molar-refractivity contribution in [1.82, 2.24) is 0 Å². The van der Waals surface area contributed by atoms with Gasteiger partial charge >= 0.3 is 0 Å². The lowest BCUT2D eigenvalue weighted by molar-refractivity contribution is -0.117. The summed E-state index contributed by atoms with van der Waals surface area (Å²) >= 11 is 0. The third-order valence-corrected chi connectivity index (χ3v) is 4.48. The average molecular weight is 297 g/mol. The summed E-state index contributed by atoms with van der Waals surface area (Å²) in [5.41, 5.74) is 10.3. The molecule has 4 heteroatoms. The first-order valence-electron chi connectivity index (χ1n) is 8.09. The Morgan fingerprint density at radius 3 is 3.00 bits per heavy atom. The quantitative estimate of drug-likeness (QED) is 0.908. The normalized spacial score (nSPS) is 19.9. The minimum absolute atomic E-state index is 0.0281. The molecule has 1 aromatic carbocycles. The van der Waals surface area contributed by atoms with Crippen LogP contribution in [0.2, 0.25) is 0 Å². The number of benzene rings is 1. The first-order chi connectivity index (χ1) is 10.7. The van der Waals surface area contributed by atoms with Gasteiger partial charge in [0.25, 0.3) is 0 Å². The minimum atomic E-state index is -0.0281. The molecule has 0 fully saturated rings. The van der Waals surface area contributed by atoms with Crippen LogP contribution in [0.1, 0.15) is 38.2 Å². The molecule has 1 amide bonds. The van der Waals surface area contributed by atoms with Crippen molar-refractivity contribution >= 4 is 17.3 Å². The van der Waals surface area contributed by atoms with E-state index in [9.17, 15) is 4.79 Å². The summed E-state index contributed by atoms with van der Waals surface area (Å²) in [6.07, 6.45) is 7.24. The minimum Gasteiger partial charge on any atom is -0.322 e. The molecule has 0 radical (unpaired) electrons. The average Bonchev–Trinajstić information content (AvgIpc) is 3.16. The van der Waals surface area contributed by atoms with E-state index < -0.39 is 0 Å². The zero-order chi connectivity index (χ0) is 15.5. The number of carbonyl (C=O) groups excluding carboxylic acids is 1. The second-order valence-electron chi connectivity index (χ2n) is 6.00. The van der Waals surface area contributed by atoms with Crippen LogP contribution in [0.4, 0.5) is 5.69 Å². The second kappa shape index (κ2) is 6.44. The highest BCUT2D eigenvalue weighted by atomic mass is 16.2. The van der Waals surface area contributed by atoms with Crippen LogP contribution in [-0.4, -0.2) is 24.2 Å². The lowest BCUT2D eigenvalue weighted by atomic mass is 9.99. The van der Waals surface area contributed by atoms with Gasteiger partial charge in [0.2, 0.25) is 5.91 Å². The van der Waals surface area contributed by atoms with Crippen LogP contribution in [0.15, 0.2) is 41.0 Å². The maximum Gasteiger partial charge on any atom is 0.241 e. The van der Waals surface area contributed by atoms with E-state index in [0.717, 1.165) is 30.7 Å². The zero-order valence-corrected chi connectivity index (χ0v) is 13.1. The molecule has 2 aliphatic heterocycles. The Morgan fingerprint density at radius 1 is 1.41 bits per heavy atom. The Hall–Kier alpha value is -1.94. The largest absolute Gasteiger partial charge is 0.322 e. The van der Waals surface area contributed by atoms with E-state index in [0.29, 0.717) is 0 Å². The molecule has 2 heterocycles. The Kier molecular flexibility index (Phi) is 4.39. The van der Waals surface area contributed by atoms with Gasteiger partial charge in [-0.3, -0.25) is 9.79 Å². The standard InChI is InChI=1S/C18H23N3O/c1-2-3-6-13-9-15(20-12-13)17-10-14-7-4-5-8-16(14)21(17)18(22)11-19/h4-5,7-8,12,17H,2-3,6,9-11,19H2,1H3. The summed E-state index contributed by atoms with van der Waals surface area (Å²) < 4.78 is 0. The molecule has 1 unspecified atom stereocenters. The molecule has 2 aliphatic rings. The van der Waals surface area contributed by atoms with Gasteiger partial charge in [0.05, 0.1) is 12.6 Å². The third-order valence-electron chi connectivity index (χ3n) is 4.48. The van der Waals surface area contributed by atoms with Crippen molar-refractivity contribution in [2.45, 2.75) is 45.1 Å². The summed E-state index contributed by atoms with van der Waals surface area (Å²) in [5, 5.41) is 0. The maximum absolute atomic E-state index is 12.3. The fourth-order valence-electron chi connectivity index (χ4n) is 3.32. The predicted octanol–water partition coefficient (Wildman–Crippen LogP) is 2.82. The fourth-order valence-corrected chi connectivity index (χ4v) is 3.32. The van der Waals surface area contributed by atoms with Gasteiger partial charge in [-0.25, -0.2) is 0 Å². The summed E-state index contributed by atoms with van der Waals surface area (Å²) in [4.78, 5) is 18.8. The summed E-state index contributed by atoms with van der Waals surface area (Å²) in [6.45, 7) is 2.24. The SMILES string of the molecule is CCCCC1=CN=C(C2Cc3ccccc3N2C(=O)CN)C1. The number of allylic oxidation sites excluding steroid dienone is 1. The van der Waals surface area contributed by atoms with Crippen LogP contribution in [-0.2, 0) is 11.2 Å². The van der Waals surface area contributed by atoms with Gasteiger partial charge in [0.1, 0.15) is 0 Å². The second-order valence-corrected chi connectivity index (χ2v) is 6.00. The number of hydrogen-bond donors (Lipinski definition) is 1. The van der Waals surface area contributed by atoms with Gasteiger partial charge < -0.3 is 10.6 Å². The van der Waals surface area contributed by atoms with E-state index in [-0.39, 0.29) is 18.5 Å². The fraction of sp³-hybridized carbons (Fsp3) is 0.444. The number of hydrogen-bond acceptors (Lipinski definition) is 3. The number of unbranched alkanes of at least 4 members (excludes halogenated alkanes) is 1. The number of anilines is 1. The molecule has 0 spiro atoms. The van der Waals surface area contributed by atoms with Gasteiger partial charge in [-0.1, -0.05) is 31.5 Å². The molecule has 2 N–H and O–H groups in total. The van der Waals surface area contributed by atoms with E-state index in [2.05, 4.69) is 18.0 Å². The molecule has 0 saturated heterocycles. The molecule has 116 valence electrons. The van der Waals surface area contributed by atoms with Gasteiger partial charge in [-0.2, -0.15) is 0 Å². The monoisotopic (exact) mass is 297 g/mol. The van der Waals surface area contributed by atoms with E-state index in [1.54, 1.807) is 0 Å². The molecule has 1 atom stereocenters. The number of nitrogens with zero attached hydrogens (tertiary/aromatic N) is 2. The van der Waals surface area contributed by atoms with Crippen LogP contribution in [0, 0.1) is 0 Å². The molecule has 3 rings (SSSR count). The number of nitrogens with two attached hydrogens (primary N) is 1. The summed E-state index contributed by atoms with van der Waals surface area (Å²) in [5.74, 6) is -0.0281. The lowest BCUT2D eigenvalue weighted by Crippen LogP contribution is -2.45. The maximum atomic E-state index is 12.3. The van der Waals surface area contributed by atoms with Crippen LogP contribution in [0.5, 0.6) is 0 Å². The first-order valence-corrected chi connectivity index (χ1v) is 8.09. The molecule has 0 saturated carbocycles. The molecule has 0 aromatic heterocycles. The number of carbonyl (C=O) groups is 1. The molecule has 0 bridgehead atoms. The highest BCUT2D eigenvalue weighted by Gasteiger charge is 2.36. The van der Waals surface area contributed by atoms with Crippen molar-refractivity contribution in [1.29, 1.82) is 0 Å². The summed E-state index contributed by atoms with van der Waals surface area (Å²) in [7, 11) is 0. The number of aliphatic imine (C=N–C) groups is 1. The van der Waals surface area contributed by atoms with Gasteiger partial charge in [0.15, 0.2) is 0 Å².